The molecule has 1 saturated heterocycles. The van der Waals surface area contributed by atoms with Crippen molar-refractivity contribution in [3.63, 3.8) is 0 Å². The fourth-order valence-corrected chi connectivity index (χ4v) is 2.99. The van der Waals surface area contributed by atoms with Crippen LogP contribution >= 0.6 is 12.2 Å². The van der Waals surface area contributed by atoms with Gasteiger partial charge >= 0.3 is 0 Å². The molecule has 1 aromatic rings. The molecule has 7 heteroatoms. The standard InChI is InChI=1S/C14H20N4O2S/c1-16(2)10-11-6-5-9-17(11)14(21)15-12-7-3-4-8-13(12)18(19)20/h3-4,7-8,11H,5-6,9-10H2,1-2H3,(H,15,21). The molecule has 0 spiro atoms. The molecular formula is C14H20N4O2S. The zero-order chi connectivity index (χ0) is 15.4. The second-order valence-electron chi connectivity index (χ2n) is 5.46. The van der Waals surface area contributed by atoms with Gasteiger partial charge in [-0.05, 0) is 45.2 Å². The van der Waals surface area contributed by atoms with Crippen molar-refractivity contribution in [2.24, 2.45) is 0 Å². The van der Waals surface area contributed by atoms with Crippen LogP contribution < -0.4 is 5.32 Å². The zero-order valence-corrected chi connectivity index (χ0v) is 13.1. The first-order valence-corrected chi connectivity index (χ1v) is 7.35. The van der Waals surface area contributed by atoms with Gasteiger partial charge in [0.25, 0.3) is 5.69 Å². The van der Waals surface area contributed by atoms with Crippen molar-refractivity contribution in [2.45, 2.75) is 18.9 Å². The Morgan fingerprint density at radius 2 is 2.24 bits per heavy atom. The van der Waals surface area contributed by atoms with E-state index in [1.54, 1.807) is 18.2 Å². The molecule has 1 aliphatic heterocycles. The van der Waals surface area contributed by atoms with E-state index in [0.717, 1.165) is 25.9 Å². The fourth-order valence-electron chi connectivity index (χ4n) is 2.64. The SMILES string of the molecule is CN(C)CC1CCCN1C(=S)Nc1ccccc1[N+](=O)[O-]. The molecule has 0 amide bonds. The topological polar surface area (TPSA) is 61.6 Å². The molecule has 1 fully saturated rings. The first-order valence-electron chi connectivity index (χ1n) is 6.95. The first kappa shape index (κ1) is 15.7. The number of likely N-dealkylation sites (N-methyl/N-ethyl adjacent to an activating group) is 1. The summed E-state index contributed by atoms with van der Waals surface area (Å²) in [4.78, 5) is 14.9. The Morgan fingerprint density at radius 1 is 1.52 bits per heavy atom. The van der Waals surface area contributed by atoms with Crippen molar-refractivity contribution in [3.05, 3.63) is 34.4 Å². The molecule has 1 aromatic carbocycles. The molecule has 0 bridgehead atoms. The van der Waals surface area contributed by atoms with Gasteiger partial charge in [0.1, 0.15) is 5.69 Å². The lowest BCUT2D eigenvalue weighted by molar-refractivity contribution is -0.383. The average molecular weight is 308 g/mol. The van der Waals surface area contributed by atoms with Gasteiger partial charge in [0.15, 0.2) is 5.11 Å². The van der Waals surface area contributed by atoms with E-state index in [1.807, 2.05) is 14.1 Å². The summed E-state index contributed by atoms with van der Waals surface area (Å²) in [5.74, 6) is 0. The molecule has 1 unspecified atom stereocenters. The molecule has 1 aliphatic rings. The van der Waals surface area contributed by atoms with Gasteiger partial charge in [0.2, 0.25) is 0 Å². The van der Waals surface area contributed by atoms with Crippen molar-refractivity contribution in [1.82, 2.24) is 9.80 Å². The summed E-state index contributed by atoms with van der Waals surface area (Å²) in [5, 5.41) is 14.6. The third-order valence-corrected chi connectivity index (χ3v) is 3.89. The predicted molar refractivity (Wildman–Crippen MR) is 87.6 cm³/mol. The lowest BCUT2D eigenvalue weighted by atomic mass is 10.2. The van der Waals surface area contributed by atoms with Gasteiger partial charge in [-0.25, -0.2) is 0 Å². The minimum Gasteiger partial charge on any atom is -0.345 e. The van der Waals surface area contributed by atoms with Crippen LogP contribution in [0.4, 0.5) is 11.4 Å². The molecule has 21 heavy (non-hydrogen) atoms. The number of hydrogen-bond acceptors (Lipinski definition) is 4. The maximum absolute atomic E-state index is 11.0. The van der Waals surface area contributed by atoms with Crippen molar-refractivity contribution < 1.29 is 4.92 Å². The van der Waals surface area contributed by atoms with Crippen LogP contribution in [0, 0.1) is 10.1 Å². The molecule has 1 N–H and O–H groups in total. The highest BCUT2D eigenvalue weighted by Crippen LogP contribution is 2.25. The molecule has 114 valence electrons. The van der Waals surface area contributed by atoms with Crippen LogP contribution in [0.3, 0.4) is 0 Å². The van der Waals surface area contributed by atoms with Crippen LogP contribution in [0.2, 0.25) is 0 Å². The molecule has 0 aliphatic carbocycles. The van der Waals surface area contributed by atoms with Crippen LogP contribution in [0.25, 0.3) is 0 Å². The quantitative estimate of drug-likeness (QED) is 0.523. The lowest BCUT2D eigenvalue weighted by Crippen LogP contribution is -2.43. The van der Waals surface area contributed by atoms with Crippen LogP contribution in [-0.4, -0.2) is 53.1 Å². The molecule has 2 rings (SSSR count). The largest absolute Gasteiger partial charge is 0.345 e. The number of rotatable bonds is 4. The van der Waals surface area contributed by atoms with E-state index in [4.69, 9.17) is 12.2 Å². The number of nitro benzene ring substituents is 1. The zero-order valence-electron chi connectivity index (χ0n) is 12.3. The number of hydrogen-bond donors (Lipinski definition) is 1. The Balaban J connectivity index is 2.09. The Kier molecular flexibility index (Phi) is 5.08. The number of nitrogens with one attached hydrogen (secondary N) is 1. The summed E-state index contributed by atoms with van der Waals surface area (Å²) in [7, 11) is 4.07. The van der Waals surface area contributed by atoms with Gasteiger partial charge in [-0.15, -0.1) is 0 Å². The van der Waals surface area contributed by atoms with Gasteiger partial charge in [0, 0.05) is 25.2 Å². The lowest BCUT2D eigenvalue weighted by Gasteiger charge is -2.29. The monoisotopic (exact) mass is 308 g/mol. The third-order valence-electron chi connectivity index (χ3n) is 3.56. The van der Waals surface area contributed by atoms with E-state index < -0.39 is 4.92 Å². The van der Waals surface area contributed by atoms with Crippen LogP contribution in [0.15, 0.2) is 24.3 Å². The Morgan fingerprint density at radius 3 is 2.90 bits per heavy atom. The number of nitrogens with zero attached hydrogens (tertiary/aromatic N) is 3. The van der Waals surface area contributed by atoms with E-state index in [0.29, 0.717) is 16.8 Å². The van der Waals surface area contributed by atoms with Crippen LogP contribution in [0.5, 0.6) is 0 Å². The smallest absolute Gasteiger partial charge is 0.292 e. The van der Waals surface area contributed by atoms with Crippen molar-refractivity contribution in [2.75, 3.05) is 32.5 Å². The second kappa shape index (κ2) is 6.82. The fraction of sp³-hybridized carbons (Fsp3) is 0.500. The second-order valence-corrected chi connectivity index (χ2v) is 5.84. The molecular weight excluding hydrogens is 288 g/mol. The number of thiocarbonyl (C=S) groups is 1. The predicted octanol–water partition coefficient (Wildman–Crippen LogP) is 2.32. The summed E-state index contributed by atoms with van der Waals surface area (Å²) in [6, 6.07) is 6.94. The molecule has 0 radical (unpaired) electrons. The summed E-state index contributed by atoms with van der Waals surface area (Å²) in [6.45, 7) is 1.82. The summed E-state index contributed by atoms with van der Waals surface area (Å²) < 4.78 is 0. The number of benzene rings is 1. The molecule has 1 heterocycles. The summed E-state index contributed by atoms with van der Waals surface area (Å²) in [5.41, 5.74) is 0.492. The molecule has 0 saturated carbocycles. The Labute approximate surface area is 129 Å². The van der Waals surface area contributed by atoms with Gasteiger partial charge in [-0.2, -0.15) is 0 Å². The third kappa shape index (κ3) is 3.89. The van der Waals surface area contributed by atoms with E-state index in [9.17, 15) is 10.1 Å². The molecule has 6 nitrogen and oxygen atoms in total. The minimum atomic E-state index is -0.397. The van der Waals surface area contributed by atoms with Crippen molar-refractivity contribution >= 4 is 28.7 Å². The van der Waals surface area contributed by atoms with E-state index >= 15 is 0 Å². The van der Waals surface area contributed by atoms with Crippen molar-refractivity contribution in [3.8, 4) is 0 Å². The minimum absolute atomic E-state index is 0.0446. The van der Waals surface area contributed by atoms with Crippen molar-refractivity contribution in [1.29, 1.82) is 0 Å². The van der Waals surface area contributed by atoms with Gasteiger partial charge in [-0.1, -0.05) is 12.1 Å². The van der Waals surface area contributed by atoms with E-state index in [1.165, 1.54) is 6.07 Å². The maximum Gasteiger partial charge on any atom is 0.292 e. The Hall–Kier alpha value is -1.73. The van der Waals surface area contributed by atoms with E-state index in [2.05, 4.69) is 15.1 Å². The van der Waals surface area contributed by atoms with E-state index in [-0.39, 0.29) is 5.69 Å². The van der Waals surface area contributed by atoms with Gasteiger partial charge < -0.3 is 15.1 Å². The number of para-hydroxylation sites is 2. The highest BCUT2D eigenvalue weighted by molar-refractivity contribution is 7.80. The highest BCUT2D eigenvalue weighted by Gasteiger charge is 2.27. The average Bonchev–Trinajstić information content (AvgIpc) is 2.86. The number of likely N-dealkylation sites (tertiary alicyclic amines) is 1. The summed E-state index contributed by atoms with van der Waals surface area (Å²) in [6.07, 6.45) is 2.19. The van der Waals surface area contributed by atoms with Gasteiger partial charge in [-0.3, -0.25) is 10.1 Å². The number of anilines is 1. The van der Waals surface area contributed by atoms with Gasteiger partial charge in [0.05, 0.1) is 4.92 Å². The normalized spacial score (nSPS) is 18.0. The maximum atomic E-state index is 11.0. The highest BCUT2D eigenvalue weighted by atomic mass is 32.1. The van der Waals surface area contributed by atoms with Crippen LogP contribution in [-0.2, 0) is 0 Å². The Bertz CT molecular complexity index is 535. The number of nitro groups is 1. The first-order chi connectivity index (χ1) is 9.99. The summed E-state index contributed by atoms with van der Waals surface area (Å²) >= 11 is 5.45. The van der Waals surface area contributed by atoms with Crippen LogP contribution in [0.1, 0.15) is 12.8 Å². The molecule has 0 aromatic heterocycles. The molecule has 1 atom stereocenters.